The van der Waals surface area contributed by atoms with Gasteiger partial charge in [0.05, 0.1) is 7.11 Å². The largest absolute Gasteiger partial charge is 0.496 e. The molecule has 0 heterocycles. The van der Waals surface area contributed by atoms with Crippen molar-refractivity contribution in [3.05, 3.63) is 28.8 Å². The van der Waals surface area contributed by atoms with Gasteiger partial charge in [-0.1, -0.05) is 38.3 Å². The maximum absolute atomic E-state index is 6.06. The van der Waals surface area contributed by atoms with Crippen LogP contribution in [0.3, 0.4) is 0 Å². The first-order valence-corrected chi connectivity index (χ1v) is 9.34. The summed E-state index contributed by atoms with van der Waals surface area (Å²) in [6.07, 6.45) is 6.33. The lowest BCUT2D eigenvalue weighted by atomic mass is 10.2. The molecule has 1 aromatic carbocycles. The number of unbranched alkanes of at least 4 members (excludes halogenated alkanes) is 2. The van der Waals surface area contributed by atoms with Gasteiger partial charge in [0.1, 0.15) is 5.75 Å². The third-order valence-electron chi connectivity index (χ3n) is 4.04. The van der Waals surface area contributed by atoms with Gasteiger partial charge >= 0.3 is 0 Å². The normalized spacial score (nSPS) is 11.2. The average molecular weight is 341 g/mol. The first kappa shape index (κ1) is 20.3. The zero-order valence-corrected chi connectivity index (χ0v) is 15.8. The number of nitrogens with zero attached hydrogens (tertiary/aromatic N) is 1. The van der Waals surface area contributed by atoms with E-state index in [-0.39, 0.29) is 0 Å². The number of methoxy groups -OCH3 is 1. The molecule has 3 nitrogen and oxygen atoms in total. The van der Waals surface area contributed by atoms with Gasteiger partial charge < -0.3 is 15.0 Å². The zero-order chi connectivity index (χ0) is 16.9. The molecule has 0 radical (unpaired) electrons. The summed E-state index contributed by atoms with van der Waals surface area (Å²) in [5.74, 6) is 0.898. The second-order valence-electron chi connectivity index (χ2n) is 6.04. The molecule has 0 saturated carbocycles. The lowest BCUT2D eigenvalue weighted by molar-refractivity contribution is 0.261. The molecule has 23 heavy (non-hydrogen) atoms. The number of halogens is 1. The standard InChI is InChI=1S/C19H33ClN2O/c1-4-6-12-22(13-7-5-2)14-8-11-21-16-17-15-18(20)9-10-19(17)23-3/h9-10,15,21H,4-8,11-14,16H2,1-3H3. The van der Waals surface area contributed by atoms with E-state index in [1.165, 1.54) is 51.7 Å². The summed E-state index contributed by atoms with van der Waals surface area (Å²) in [5, 5.41) is 4.26. The maximum atomic E-state index is 6.06. The third kappa shape index (κ3) is 8.59. The first-order valence-electron chi connectivity index (χ1n) is 8.96. The Hall–Kier alpha value is -0.770. The summed E-state index contributed by atoms with van der Waals surface area (Å²) in [4.78, 5) is 2.61. The van der Waals surface area contributed by atoms with Crippen LogP contribution in [0.4, 0.5) is 0 Å². The van der Waals surface area contributed by atoms with E-state index in [9.17, 15) is 0 Å². The molecule has 132 valence electrons. The number of nitrogens with one attached hydrogen (secondary N) is 1. The fraction of sp³-hybridized carbons (Fsp3) is 0.684. The minimum Gasteiger partial charge on any atom is -0.496 e. The Morgan fingerprint density at radius 2 is 1.70 bits per heavy atom. The van der Waals surface area contributed by atoms with Crippen molar-refractivity contribution in [2.45, 2.75) is 52.5 Å². The van der Waals surface area contributed by atoms with Crippen molar-refractivity contribution in [2.75, 3.05) is 33.3 Å². The van der Waals surface area contributed by atoms with Crippen molar-refractivity contribution in [3.63, 3.8) is 0 Å². The molecular weight excluding hydrogens is 308 g/mol. The van der Waals surface area contributed by atoms with Gasteiger partial charge in [0.25, 0.3) is 0 Å². The number of hydrogen-bond acceptors (Lipinski definition) is 3. The van der Waals surface area contributed by atoms with Crippen LogP contribution in [-0.4, -0.2) is 38.2 Å². The number of rotatable bonds is 13. The highest BCUT2D eigenvalue weighted by molar-refractivity contribution is 6.30. The lowest BCUT2D eigenvalue weighted by Gasteiger charge is -2.22. The van der Waals surface area contributed by atoms with Crippen molar-refractivity contribution in [1.29, 1.82) is 0 Å². The van der Waals surface area contributed by atoms with Crippen molar-refractivity contribution >= 4 is 11.6 Å². The molecule has 0 aromatic heterocycles. The minimum atomic E-state index is 0.757. The van der Waals surface area contributed by atoms with E-state index in [1.54, 1.807) is 7.11 Å². The quantitative estimate of drug-likeness (QED) is 0.525. The summed E-state index contributed by atoms with van der Waals surface area (Å²) < 4.78 is 5.38. The van der Waals surface area contributed by atoms with E-state index in [1.807, 2.05) is 18.2 Å². The third-order valence-corrected chi connectivity index (χ3v) is 4.28. The molecule has 4 heteroatoms. The van der Waals surface area contributed by atoms with Crippen LogP contribution in [0.5, 0.6) is 5.75 Å². The van der Waals surface area contributed by atoms with Crippen LogP contribution < -0.4 is 10.1 Å². The summed E-state index contributed by atoms with van der Waals surface area (Å²) in [6.45, 7) is 9.99. The van der Waals surface area contributed by atoms with Gasteiger partial charge in [-0.2, -0.15) is 0 Å². The zero-order valence-electron chi connectivity index (χ0n) is 15.0. The Morgan fingerprint density at radius 3 is 2.30 bits per heavy atom. The fourth-order valence-corrected chi connectivity index (χ4v) is 2.83. The number of benzene rings is 1. The molecule has 0 spiro atoms. The summed E-state index contributed by atoms with van der Waals surface area (Å²) in [6, 6.07) is 5.77. The van der Waals surface area contributed by atoms with Gasteiger partial charge in [-0.05, 0) is 63.6 Å². The van der Waals surface area contributed by atoms with E-state index in [0.29, 0.717) is 0 Å². The molecular formula is C19H33ClN2O. The van der Waals surface area contributed by atoms with Gasteiger partial charge in [-0.25, -0.2) is 0 Å². The van der Waals surface area contributed by atoms with E-state index in [0.717, 1.165) is 29.4 Å². The highest BCUT2D eigenvalue weighted by Gasteiger charge is 2.05. The molecule has 0 amide bonds. The van der Waals surface area contributed by atoms with Gasteiger partial charge in [0.15, 0.2) is 0 Å². The van der Waals surface area contributed by atoms with Crippen LogP contribution >= 0.6 is 11.6 Å². The molecule has 1 rings (SSSR count). The molecule has 1 aromatic rings. The summed E-state index contributed by atoms with van der Waals surface area (Å²) in [5.41, 5.74) is 1.12. The Bertz CT molecular complexity index is 418. The second kappa shape index (κ2) is 12.6. The molecule has 0 unspecified atom stereocenters. The Kier molecular flexibility index (Phi) is 11.1. The van der Waals surface area contributed by atoms with Crippen molar-refractivity contribution in [3.8, 4) is 5.75 Å². The highest BCUT2D eigenvalue weighted by atomic mass is 35.5. The van der Waals surface area contributed by atoms with E-state index in [2.05, 4.69) is 24.1 Å². The maximum Gasteiger partial charge on any atom is 0.123 e. The van der Waals surface area contributed by atoms with Crippen LogP contribution in [0.1, 0.15) is 51.5 Å². The molecule has 0 aliphatic heterocycles. The van der Waals surface area contributed by atoms with E-state index < -0.39 is 0 Å². The predicted octanol–water partition coefficient (Wildman–Crippen LogP) is 4.73. The van der Waals surface area contributed by atoms with Crippen LogP contribution in [0, 0.1) is 0 Å². The molecule has 0 saturated heterocycles. The molecule has 0 aliphatic carbocycles. The summed E-state index contributed by atoms with van der Waals surface area (Å²) >= 11 is 6.06. The molecule has 1 N–H and O–H groups in total. The lowest BCUT2D eigenvalue weighted by Crippen LogP contribution is -2.29. The van der Waals surface area contributed by atoms with Crippen LogP contribution in [0.25, 0.3) is 0 Å². The fourth-order valence-electron chi connectivity index (χ4n) is 2.63. The van der Waals surface area contributed by atoms with Crippen molar-refractivity contribution in [2.24, 2.45) is 0 Å². The second-order valence-corrected chi connectivity index (χ2v) is 6.47. The van der Waals surface area contributed by atoms with E-state index >= 15 is 0 Å². The predicted molar refractivity (Wildman–Crippen MR) is 101 cm³/mol. The number of hydrogen-bond donors (Lipinski definition) is 1. The summed E-state index contributed by atoms with van der Waals surface area (Å²) in [7, 11) is 1.70. The Morgan fingerprint density at radius 1 is 1.04 bits per heavy atom. The van der Waals surface area contributed by atoms with Gasteiger partial charge in [-0.15, -0.1) is 0 Å². The first-order chi connectivity index (χ1) is 11.2. The Labute approximate surface area is 147 Å². The monoisotopic (exact) mass is 340 g/mol. The van der Waals surface area contributed by atoms with Crippen LogP contribution in [-0.2, 0) is 6.54 Å². The smallest absolute Gasteiger partial charge is 0.123 e. The van der Waals surface area contributed by atoms with Crippen molar-refractivity contribution < 1.29 is 4.74 Å². The SMILES string of the molecule is CCCCN(CCCC)CCCNCc1cc(Cl)ccc1OC. The van der Waals surface area contributed by atoms with Gasteiger partial charge in [0, 0.05) is 17.1 Å². The molecule has 0 atom stereocenters. The minimum absolute atomic E-state index is 0.757. The van der Waals surface area contributed by atoms with Crippen LogP contribution in [0.15, 0.2) is 18.2 Å². The van der Waals surface area contributed by atoms with Crippen LogP contribution in [0.2, 0.25) is 5.02 Å². The average Bonchev–Trinajstić information content (AvgIpc) is 2.56. The van der Waals surface area contributed by atoms with Gasteiger partial charge in [-0.3, -0.25) is 0 Å². The highest BCUT2D eigenvalue weighted by Crippen LogP contribution is 2.22. The van der Waals surface area contributed by atoms with E-state index in [4.69, 9.17) is 16.3 Å². The number of ether oxygens (including phenoxy) is 1. The topological polar surface area (TPSA) is 24.5 Å². The molecule has 0 fully saturated rings. The Balaban J connectivity index is 2.28. The van der Waals surface area contributed by atoms with Gasteiger partial charge in [0.2, 0.25) is 0 Å². The molecule has 0 bridgehead atoms. The molecule has 0 aliphatic rings. The van der Waals surface area contributed by atoms with Crippen molar-refractivity contribution in [1.82, 2.24) is 10.2 Å².